The molecule has 0 aliphatic carbocycles. The van der Waals surface area contributed by atoms with Crippen molar-refractivity contribution in [2.45, 2.75) is 26.8 Å². The van der Waals surface area contributed by atoms with E-state index in [4.69, 9.17) is 16.6 Å². The number of hydrogen-bond acceptors (Lipinski definition) is 7. The van der Waals surface area contributed by atoms with Crippen LogP contribution in [0.3, 0.4) is 0 Å². The fourth-order valence-electron chi connectivity index (χ4n) is 5.16. The number of carbonyl (C=O) groups excluding carboxylic acids is 1. The summed E-state index contributed by atoms with van der Waals surface area (Å²) in [6, 6.07) is 15.7. The van der Waals surface area contributed by atoms with Crippen LogP contribution in [0.5, 0.6) is 0 Å². The predicted molar refractivity (Wildman–Crippen MR) is 164 cm³/mol. The first-order chi connectivity index (χ1) is 20.0. The summed E-state index contributed by atoms with van der Waals surface area (Å²) in [4.78, 5) is 36.1. The van der Waals surface area contributed by atoms with Crippen LogP contribution >= 0.6 is 22.9 Å². The zero-order valence-electron chi connectivity index (χ0n) is 23.0. The van der Waals surface area contributed by atoms with Crippen LogP contribution in [-0.4, -0.2) is 61.5 Å². The highest BCUT2D eigenvalue weighted by Gasteiger charge is 2.27. The lowest BCUT2D eigenvalue weighted by Crippen LogP contribution is -2.49. The Labute approximate surface area is 248 Å². The van der Waals surface area contributed by atoms with E-state index < -0.39 is 0 Å². The second kappa shape index (κ2) is 11.8. The molecule has 0 bridgehead atoms. The monoisotopic (exact) mass is 583 g/mol. The van der Waals surface area contributed by atoms with Crippen LogP contribution in [0.2, 0.25) is 5.02 Å². The number of aryl methyl sites for hydroxylation is 1. The molecule has 0 saturated carbocycles. The van der Waals surface area contributed by atoms with Crippen molar-refractivity contribution < 1.29 is 4.79 Å². The lowest BCUT2D eigenvalue weighted by atomic mass is 10.2. The van der Waals surface area contributed by atoms with Crippen LogP contribution in [-0.2, 0) is 13.0 Å². The average Bonchev–Trinajstić information content (AvgIpc) is 3.63. The van der Waals surface area contributed by atoms with Crippen molar-refractivity contribution in [1.82, 2.24) is 29.4 Å². The van der Waals surface area contributed by atoms with E-state index in [2.05, 4.69) is 48.9 Å². The number of amides is 1. The van der Waals surface area contributed by atoms with Crippen LogP contribution in [0.1, 0.15) is 34.2 Å². The van der Waals surface area contributed by atoms with Gasteiger partial charge in [0, 0.05) is 78.7 Å². The van der Waals surface area contributed by atoms with E-state index in [0.717, 1.165) is 45.3 Å². The lowest BCUT2D eigenvalue weighted by molar-refractivity contribution is 0.0745. The van der Waals surface area contributed by atoms with Crippen molar-refractivity contribution in [3.8, 4) is 22.0 Å². The van der Waals surface area contributed by atoms with Crippen molar-refractivity contribution in [2.24, 2.45) is 0 Å². The predicted octanol–water partition coefficient (Wildman–Crippen LogP) is 6.00. The topological polar surface area (TPSA) is 80.0 Å². The number of nitrogens with zero attached hydrogens (tertiary/aromatic N) is 7. The number of aromatic nitrogens is 5. The maximum atomic E-state index is 13.9. The highest BCUT2D eigenvalue weighted by Crippen LogP contribution is 2.33. The minimum Gasteiger partial charge on any atom is -0.338 e. The molecule has 5 aromatic rings. The molecule has 5 heterocycles. The second-order valence-corrected chi connectivity index (χ2v) is 11.3. The molecule has 0 unspecified atom stereocenters. The van der Waals surface area contributed by atoms with Gasteiger partial charge in [0.2, 0.25) is 5.95 Å². The SMILES string of the molecule is CCc1cc(-c2nc(-c3cc(C(=O)N4CCN(c5ncccn5)CC4)c(C)n3Cc3cccc(Cl)c3)cs2)ccn1. The molecule has 4 aromatic heterocycles. The second-order valence-electron chi connectivity index (χ2n) is 10.0. The summed E-state index contributed by atoms with van der Waals surface area (Å²) in [5.41, 5.74) is 6.50. The van der Waals surface area contributed by atoms with E-state index in [1.54, 1.807) is 23.7 Å². The Morgan fingerprint density at radius 2 is 1.78 bits per heavy atom. The fourth-order valence-corrected chi connectivity index (χ4v) is 6.18. The number of pyridine rings is 1. The Hall–Kier alpha value is -4.08. The molecule has 10 heteroatoms. The molecular weight excluding hydrogens is 554 g/mol. The third-order valence-electron chi connectivity index (χ3n) is 7.42. The molecular formula is C31H30ClN7OS. The zero-order chi connectivity index (χ0) is 28.3. The van der Waals surface area contributed by atoms with Crippen LogP contribution in [0.25, 0.3) is 22.0 Å². The van der Waals surface area contributed by atoms with Crippen molar-refractivity contribution in [3.05, 3.63) is 100 Å². The third-order valence-corrected chi connectivity index (χ3v) is 8.55. The molecule has 8 nitrogen and oxygen atoms in total. The van der Waals surface area contributed by atoms with Gasteiger partial charge in [0.05, 0.1) is 17.0 Å². The molecule has 1 amide bonds. The van der Waals surface area contributed by atoms with Gasteiger partial charge in [-0.2, -0.15) is 0 Å². The maximum absolute atomic E-state index is 13.9. The number of thiazole rings is 1. The first kappa shape index (κ1) is 27.1. The highest BCUT2D eigenvalue weighted by atomic mass is 35.5. The molecule has 0 atom stereocenters. The van der Waals surface area contributed by atoms with E-state index in [1.807, 2.05) is 54.4 Å². The van der Waals surface area contributed by atoms with E-state index in [9.17, 15) is 4.79 Å². The van der Waals surface area contributed by atoms with Gasteiger partial charge in [-0.05, 0) is 55.3 Å². The Kier molecular flexibility index (Phi) is 7.80. The van der Waals surface area contributed by atoms with Crippen molar-refractivity contribution in [1.29, 1.82) is 0 Å². The summed E-state index contributed by atoms with van der Waals surface area (Å²) >= 11 is 7.92. The number of benzene rings is 1. The first-order valence-corrected chi connectivity index (χ1v) is 14.9. The number of rotatable bonds is 7. The summed E-state index contributed by atoms with van der Waals surface area (Å²) in [5, 5.41) is 3.68. The molecule has 208 valence electrons. The first-order valence-electron chi connectivity index (χ1n) is 13.7. The van der Waals surface area contributed by atoms with Crippen molar-refractivity contribution in [2.75, 3.05) is 31.1 Å². The third kappa shape index (κ3) is 5.73. The quantitative estimate of drug-likeness (QED) is 0.234. The Morgan fingerprint density at radius 1 is 0.976 bits per heavy atom. The molecule has 6 rings (SSSR count). The van der Waals surface area contributed by atoms with Crippen LogP contribution in [0.4, 0.5) is 5.95 Å². The van der Waals surface area contributed by atoms with E-state index >= 15 is 0 Å². The standard InChI is InChI=1S/C31H30ClN7OS/c1-3-25-17-23(8-11-33-25)29-36-27(20-41-29)28-18-26(21(2)39(28)19-22-6-4-7-24(32)16-22)30(40)37-12-14-38(15-13-37)31-34-9-5-10-35-31/h4-11,16-18,20H,3,12-15,19H2,1-2H3. The molecule has 1 aliphatic rings. The minimum atomic E-state index is 0.0272. The Morgan fingerprint density at radius 3 is 2.54 bits per heavy atom. The number of hydrogen-bond donors (Lipinski definition) is 0. The van der Waals surface area contributed by atoms with Gasteiger partial charge in [-0.3, -0.25) is 9.78 Å². The summed E-state index contributed by atoms with van der Waals surface area (Å²) in [7, 11) is 0. The van der Waals surface area contributed by atoms with Crippen molar-refractivity contribution in [3.63, 3.8) is 0 Å². The van der Waals surface area contributed by atoms with E-state index in [-0.39, 0.29) is 5.91 Å². The van der Waals surface area contributed by atoms with Crippen LogP contribution in [0, 0.1) is 6.92 Å². The van der Waals surface area contributed by atoms with Gasteiger partial charge in [0.15, 0.2) is 0 Å². The molecule has 0 radical (unpaired) electrons. The van der Waals surface area contributed by atoms with Gasteiger partial charge in [0.1, 0.15) is 5.01 Å². The zero-order valence-corrected chi connectivity index (χ0v) is 24.6. The largest absolute Gasteiger partial charge is 0.338 e. The van der Waals surface area contributed by atoms with Gasteiger partial charge >= 0.3 is 0 Å². The molecule has 1 aromatic carbocycles. The van der Waals surface area contributed by atoms with Gasteiger partial charge in [0.25, 0.3) is 5.91 Å². The summed E-state index contributed by atoms with van der Waals surface area (Å²) in [6.45, 7) is 7.27. The smallest absolute Gasteiger partial charge is 0.255 e. The fraction of sp³-hybridized carbons (Fsp3) is 0.258. The minimum absolute atomic E-state index is 0.0272. The normalized spacial score (nSPS) is 13.5. The van der Waals surface area contributed by atoms with Crippen LogP contribution < -0.4 is 4.90 Å². The van der Waals surface area contributed by atoms with E-state index in [0.29, 0.717) is 49.3 Å². The van der Waals surface area contributed by atoms with Crippen LogP contribution in [0.15, 0.2) is 72.5 Å². The van der Waals surface area contributed by atoms with Crippen molar-refractivity contribution >= 4 is 34.8 Å². The molecule has 0 N–H and O–H groups in total. The van der Waals surface area contributed by atoms with E-state index in [1.165, 1.54) is 0 Å². The Bertz CT molecular complexity index is 1680. The molecule has 1 saturated heterocycles. The highest BCUT2D eigenvalue weighted by molar-refractivity contribution is 7.13. The van der Waals surface area contributed by atoms with Gasteiger partial charge < -0.3 is 14.4 Å². The number of anilines is 1. The van der Waals surface area contributed by atoms with Gasteiger partial charge in [-0.1, -0.05) is 30.7 Å². The molecule has 41 heavy (non-hydrogen) atoms. The molecule has 0 spiro atoms. The summed E-state index contributed by atoms with van der Waals surface area (Å²) < 4.78 is 2.18. The molecule has 1 fully saturated rings. The summed E-state index contributed by atoms with van der Waals surface area (Å²) in [6.07, 6.45) is 6.19. The summed E-state index contributed by atoms with van der Waals surface area (Å²) in [5.74, 6) is 0.727. The van der Waals surface area contributed by atoms with Gasteiger partial charge in [-0.25, -0.2) is 15.0 Å². The van der Waals surface area contributed by atoms with Gasteiger partial charge in [-0.15, -0.1) is 11.3 Å². The average molecular weight is 584 g/mol. The maximum Gasteiger partial charge on any atom is 0.255 e. The number of piperazine rings is 1. The number of carbonyl (C=O) groups is 1. The number of halogens is 1. The Balaban J connectivity index is 1.32. The lowest BCUT2D eigenvalue weighted by Gasteiger charge is -2.34. The molecule has 1 aliphatic heterocycles.